The third kappa shape index (κ3) is 3.01. The lowest BCUT2D eigenvalue weighted by molar-refractivity contribution is 0.348. The highest BCUT2D eigenvalue weighted by molar-refractivity contribution is 6.35. The molecule has 5 heteroatoms. The summed E-state index contributed by atoms with van der Waals surface area (Å²) in [6.45, 7) is 0.728. The van der Waals surface area contributed by atoms with Crippen molar-refractivity contribution in [2.75, 3.05) is 6.61 Å². The van der Waals surface area contributed by atoms with Crippen molar-refractivity contribution in [3.8, 4) is 5.75 Å². The van der Waals surface area contributed by atoms with Gasteiger partial charge in [-0.1, -0.05) is 47.5 Å². The minimum absolute atomic E-state index is 0.0586. The minimum Gasteiger partial charge on any atom is -0.493 e. The highest BCUT2D eigenvalue weighted by Gasteiger charge is 2.22. The van der Waals surface area contributed by atoms with Crippen molar-refractivity contribution in [3.63, 3.8) is 0 Å². The van der Waals surface area contributed by atoms with Crippen molar-refractivity contribution in [3.05, 3.63) is 63.1 Å². The average Bonchev–Trinajstić information content (AvgIpc) is 2.95. The van der Waals surface area contributed by atoms with Gasteiger partial charge in [0.25, 0.3) is 0 Å². The Morgan fingerprint density at radius 1 is 1.24 bits per heavy atom. The van der Waals surface area contributed by atoms with Gasteiger partial charge in [-0.25, -0.2) is 0 Å². The van der Waals surface area contributed by atoms with Crippen LogP contribution in [-0.4, -0.2) is 6.61 Å². The molecule has 1 unspecified atom stereocenters. The molecule has 3 N–H and O–H groups in total. The van der Waals surface area contributed by atoms with Crippen molar-refractivity contribution in [2.24, 2.45) is 5.84 Å². The number of para-hydroxylation sites is 1. The zero-order valence-corrected chi connectivity index (χ0v) is 12.9. The predicted octanol–water partition coefficient (Wildman–Crippen LogP) is 3.68. The number of nitrogens with two attached hydrogens (primary N) is 1. The van der Waals surface area contributed by atoms with Crippen molar-refractivity contribution in [2.45, 2.75) is 18.9 Å². The summed E-state index contributed by atoms with van der Waals surface area (Å²) in [4.78, 5) is 0. The molecule has 0 aromatic heterocycles. The molecule has 1 aliphatic rings. The summed E-state index contributed by atoms with van der Waals surface area (Å²) < 4.78 is 5.75. The van der Waals surface area contributed by atoms with Crippen LogP contribution in [0.3, 0.4) is 0 Å². The van der Waals surface area contributed by atoms with Crippen LogP contribution in [0, 0.1) is 0 Å². The second kappa shape index (κ2) is 6.24. The molecule has 0 radical (unpaired) electrons. The van der Waals surface area contributed by atoms with Crippen LogP contribution >= 0.6 is 23.2 Å². The van der Waals surface area contributed by atoms with Gasteiger partial charge in [0.2, 0.25) is 0 Å². The monoisotopic (exact) mass is 322 g/mol. The van der Waals surface area contributed by atoms with E-state index in [9.17, 15) is 0 Å². The van der Waals surface area contributed by atoms with Gasteiger partial charge in [0, 0.05) is 22.0 Å². The molecule has 0 fully saturated rings. The first-order chi connectivity index (χ1) is 10.2. The maximum Gasteiger partial charge on any atom is 0.127 e. The molecule has 0 bridgehead atoms. The second-order valence-corrected chi connectivity index (χ2v) is 5.94. The summed E-state index contributed by atoms with van der Waals surface area (Å²) in [6.07, 6.45) is 1.62. The average molecular weight is 323 g/mol. The van der Waals surface area contributed by atoms with E-state index >= 15 is 0 Å². The molecule has 1 heterocycles. The molecular formula is C16H16Cl2N2O. The minimum atomic E-state index is -0.0586. The Balaban J connectivity index is 1.91. The first kappa shape index (κ1) is 14.7. The Labute approximate surface area is 134 Å². The molecule has 1 aliphatic heterocycles. The molecule has 0 saturated heterocycles. The Morgan fingerprint density at radius 3 is 2.86 bits per heavy atom. The maximum atomic E-state index is 6.25. The van der Waals surface area contributed by atoms with Crippen LogP contribution in [0.25, 0.3) is 0 Å². The fraction of sp³-hybridized carbons (Fsp3) is 0.250. The number of benzene rings is 2. The molecule has 0 saturated carbocycles. The number of rotatable bonds is 4. The summed E-state index contributed by atoms with van der Waals surface area (Å²) in [7, 11) is 0. The zero-order chi connectivity index (χ0) is 14.8. The van der Waals surface area contributed by atoms with Gasteiger partial charge in [-0.2, -0.15) is 0 Å². The highest BCUT2D eigenvalue weighted by atomic mass is 35.5. The Hall–Kier alpha value is -1.26. The van der Waals surface area contributed by atoms with E-state index in [-0.39, 0.29) is 6.04 Å². The van der Waals surface area contributed by atoms with E-state index in [1.807, 2.05) is 24.3 Å². The molecule has 3 nitrogen and oxygen atoms in total. The molecule has 3 rings (SSSR count). The lowest BCUT2D eigenvalue weighted by Crippen LogP contribution is -2.30. The summed E-state index contributed by atoms with van der Waals surface area (Å²) in [5, 5.41) is 1.28. The summed E-state index contributed by atoms with van der Waals surface area (Å²) in [5.41, 5.74) is 6.17. The van der Waals surface area contributed by atoms with Crippen LogP contribution in [0.5, 0.6) is 5.75 Å². The number of hydrogen-bond acceptors (Lipinski definition) is 3. The normalized spacial score (nSPS) is 14.6. The topological polar surface area (TPSA) is 47.3 Å². The van der Waals surface area contributed by atoms with Crippen molar-refractivity contribution >= 4 is 23.2 Å². The third-order valence-corrected chi connectivity index (χ3v) is 4.35. The fourth-order valence-electron chi connectivity index (χ4n) is 2.68. The van der Waals surface area contributed by atoms with Crippen LogP contribution in [-0.2, 0) is 12.8 Å². The van der Waals surface area contributed by atoms with Gasteiger partial charge >= 0.3 is 0 Å². The molecule has 0 spiro atoms. The quantitative estimate of drug-likeness (QED) is 0.666. The van der Waals surface area contributed by atoms with Gasteiger partial charge in [-0.15, -0.1) is 0 Å². The molecule has 2 aromatic rings. The molecule has 0 amide bonds. The van der Waals surface area contributed by atoms with Gasteiger partial charge in [0.15, 0.2) is 0 Å². The molecule has 2 aromatic carbocycles. The molecular weight excluding hydrogens is 307 g/mol. The van der Waals surface area contributed by atoms with E-state index in [4.69, 9.17) is 33.8 Å². The maximum absolute atomic E-state index is 6.25. The van der Waals surface area contributed by atoms with Gasteiger partial charge in [-0.3, -0.25) is 11.3 Å². The van der Waals surface area contributed by atoms with Crippen LogP contribution in [0.4, 0.5) is 0 Å². The summed E-state index contributed by atoms with van der Waals surface area (Å²) >= 11 is 12.2. The van der Waals surface area contributed by atoms with Crippen LogP contribution in [0.1, 0.15) is 22.7 Å². The number of hydrogen-bond donors (Lipinski definition) is 2. The number of hydrazine groups is 1. The smallest absolute Gasteiger partial charge is 0.127 e. The third-order valence-electron chi connectivity index (χ3n) is 3.76. The second-order valence-electron chi connectivity index (χ2n) is 5.09. The largest absolute Gasteiger partial charge is 0.493 e. The summed E-state index contributed by atoms with van der Waals surface area (Å²) in [6, 6.07) is 11.6. The SMILES string of the molecule is NNC(Cc1ccc(Cl)cc1Cl)c1cccc2c1OCC2. The van der Waals surface area contributed by atoms with Crippen molar-refractivity contribution < 1.29 is 4.74 Å². The number of nitrogens with one attached hydrogen (secondary N) is 1. The van der Waals surface area contributed by atoms with Crippen LogP contribution < -0.4 is 16.0 Å². The Kier molecular flexibility index (Phi) is 4.36. The van der Waals surface area contributed by atoms with Gasteiger partial charge in [-0.05, 0) is 29.7 Å². The lowest BCUT2D eigenvalue weighted by atomic mass is 9.96. The lowest BCUT2D eigenvalue weighted by Gasteiger charge is -2.19. The predicted molar refractivity (Wildman–Crippen MR) is 85.9 cm³/mol. The molecule has 1 atom stereocenters. The number of halogens is 2. The first-order valence-electron chi connectivity index (χ1n) is 6.83. The Morgan fingerprint density at radius 2 is 2.10 bits per heavy atom. The molecule has 110 valence electrons. The van der Waals surface area contributed by atoms with E-state index in [1.165, 1.54) is 5.56 Å². The zero-order valence-electron chi connectivity index (χ0n) is 11.4. The van der Waals surface area contributed by atoms with E-state index in [2.05, 4.69) is 11.5 Å². The Bertz CT molecular complexity index is 661. The highest BCUT2D eigenvalue weighted by Crippen LogP contribution is 2.35. The van der Waals surface area contributed by atoms with E-state index in [1.54, 1.807) is 6.07 Å². The van der Waals surface area contributed by atoms with Crippen LogP contribution in [0.15, 0.2) is 36.4 Å². The fourth-order valence-corrected chi connectivity index (χ4v) is 3.17. The van der Waals surface area contributed by atoms with E-state index < -0.39 is 0 Å². The van der Waals surface area contributed by atoms with Crippen LogP contribution in [0.2, 0.25) is 10.0 Å². The molecule has 21 heavy (non-hydrogen) atoms. The van der Waals surface area contributed by atoms with E-state index in [0.29, 0.717) is 16.5 Å². The van der Waals surface area contributed by atoms with E-state index in [0.717, 1.165) is 29.9 Å². The van der Waals surface area contributed by atoms with Gasteiger partial charge in [0.1, 0.15) is 5.75 Å². The standard InChI is InChI=1S/C16H16Cl2N2O/c17-12-5-4-11(14(18)9-12)8-15(20-19)13-3-1-2-10-6-7-21-16(10)13/h1-5,9,15,20H,6-8,19H2. The van der Waals surface area contributed by atoms with Gasteiger partial charge < -0.3 is 4.74 Å². The first-order valence-corrected chi connectivity index (χ1v) is 7.59. The molecule has 0 aliphatic carbocycles. The summed E-state index contributed by atoms with van der Waals surface area (Å²) in [5.74, 6) is 6.70. The van der Waals surface area contributed by atoms with Crippen molar-refractivity contribution in [1.29, 1.82) is 0 Å². The number of ether oxygens (including phenoxy) is 1. The van der Waals surface area contributed by atoms with Crippen molar-refractivity contribution in [1.82, 2.24) is 5.43 Å². The van der Waals surface area contributed by atoms with Gasteiger partial charge in [0.05, 0.1) is 12.6 Å². The number of fused-ring (bicyclic) bond motifs is 1.